The lowest BCUT2D eigenvalue weighted by molar-refractivity contribution is 0.0383. The number of ether oxygens (including phenoxy) is 1. The Morgan fingerprint density at radius 2 is 2.04 bits per heavy atom. The molecule has 1 fully saturated rings. The van der Waals surface area contributed by atoms with E-state index in [1.807, 2.05) is 0 Å². The van der Waals surface area contributed by atoms with E-state index in [4.69, 9.17) is 4.74 Å². The highest BCUT2D eigenvalue weighted by atomic mass is 19.1. The highest BCUT2D eigenvalue weighted by molar-refractivity contribution is 5.92. The summed E-state index contributed by atoms with van der Waals surface area (Å²) in [4.78, 5) is 22.4. The Balaban J connectivity index is 1.56. The van der Waals surface area contributed by atoms with Crippen molar-refractivity contribution in [2.75, 3.05) is 44.7 Å². The van der Waals surface area contributed by atoms with E-state index in [0.29, 0.717) is 19.8 Å². The fourth-order valence-electron chi connectivity index (χ4n) is 2.50. The quantitative estimate of drug-likeness (QED) is 0.811. The van der Waals surface area contributed by atoms with Gasteiger partial charge in [-0.1, -0.05) is 0 Å². The van der Waals surface area contributed by atoms with Gasteiger partial charge in [-0.05, 0) is 18.2 Å². The molecule has 0 spiro atoms. The van der Waals surface area contributed by atoms with E-state index in [1.54, 1.807) is 0 Å². The molecule has 0 atom stereocenters. The first-order valence-corrected chi connectivity index (χ1v) is 8.25. The number of halogens is 2. The monoisotopic (exact) mass is 363 g/mol. The number of benzene rings is 1. The number of morpholine rings is 1. The van der Waals surface area contributed by atoms with Gasteiger partial charge in [0, 0.05) is 38.4 Å². The van der Waals surface area contributed by atoms with Crippen molar-refractivity contribution in [2.24, 2.45) is 0 Å². The van der Waals surface area contributed by atoms with Gasteiger partial charge in [0.05, 0.1) is 18.9 Å². The van der Waals surface area contributed by atoms with Crippen molar-refractivity contribution in [2.45, 2.75) is 0 Å². The van der Waals surface area contributed by atoms with Crippen LogP contribution in [0.25, 0.3) is 0 Å². The molecule has 1 aliphatic heterocycles. The van der Waals surface area contributed by atoms with Crippen molar-refractivity contribution >= 4 is 17.5 Å². The van der Waals surface area contributed by atoms with Crippen LogP contribution in [-0.2, 0) is 4.74 Å². The predicted molar refractivity (Wildman–Crippen MR) is 91.3 cm³/mol. The molecule has 0 aliphatic carbocycles. The smallest absolute Gasteiger partial charge is 0.270 e. The van der Waals surface area contributed by atoms with Gasteiger partial charge in [-0.3, -0.25) is 9.69 Å². The lowest BCUT2D eigenvalue weighted by Gasteiger charge is -2.26. The molecule has 9 heteroatoms. The number of nitrogens with zero attached hydrogens (tertiary/aromatic N) is 3. The maximum absolute atomic E-state index is 13.7. The van der Waals surface area contributed by atoms with Gasteiger partial charge in [-0.25, -0.2) is 18.7 Å². The second-order valence-corrected chi connectivity index (χ2v) is 5.72. The number of aromatic nitrogens is 2. The molecule has 138 valence electrons. The molecular weight excluding hydrogens is 344 g/mol. The van der Waals surface area contributed by atoms with E-state index < -0.39 is 11.6 Å². The average molecular weight is 363 g/mol. The Hall–Kier alpha value is -2.65. The van der Waals surface area contributed by atoms with Crippen molar-refractivity contribution in [3.8, 4) is 0 Å². The second kappa shape index (κ2) is 8.63. The number of hydrogen-bond donors (Lipinski definition) is 2. The Labute approximate surface area is 149 Å². The summed E-state index contributed by atoms with van der Waals surface area (Å²) < 4.78 is 31.9. The molecule has 1 saturated heterocycles. The zero-order valence-corrected chi connectivity index (χ0v) is 14.0. The first kappa shape index (κ1) is 18.2. The number of nitrogens with one attached hydrogen (secondary N) is 2. The van der Waals surface area contributed by atoms with Crippen LogP contribution in [0.15, 0.2) is 30.5 Å². The molecule has 0 saturated carbocycles. The molecule has 1 aromatic carbocycles. The Kier molecular flexibility index (Phi) is 6.03. The van der Waals surface area contributed by atoms with Crippen LogP contribution >= 0.6 is 0 Å². The number of anilines is 2. The van der Waals surface area contributed by atoms with E-state index in [1.165, 1.54) is 18.3 Å². The predicted octanol–water partition coefficient (Wildman–Crippen LogP) is 1.56. The van der Waals surface area contributed by atoms with Crippen LogP contribution in [0.3, 0.4) is 0 Å². The molecule has 2 N–H and O–H groups in total. The maximum Gasteiger partial charge on any atom is 0.270 e. The van der Waals surface area contributed by atoms with Crippen LogP contribution in [0, 0.1) is 11.6 Å². The molecule has 1 amide bonds. The minimum Gasteiger partial charge on any atom is -0.379 e. The van der Waals surface area contributed by atoms with Crippen molar-refractivity contribution in [1.29, 1.82) is 0 Å². The molecule has 0 bridgehead atoms. The number of amides is 1. The van der Waals surface area contributed by atoms with Gasteiger partial charge < -0.3 is 15.4 Å². The van der Waals surface area contributed by atoms with Crippen LogP contribution in [-0.4, -0.2) is 60.2 Å². The van der Waals surface area contributed by atoms with E-state index in [-0.39, 0.29) is 23.2 Å². The van der Waals surface area contributed by atoms with Gasteiger partial charge in [0.15, 0.2) is 0 Å². The largest absolute Gasteiger partial charge is 0.379 e. The molecule has 2 aromatic rings. The third-order valence-corrected chi connectivity index (χ3v) is 3.88. The average Bonchev–Trinajstić information content (AvgIpc) is 2.65. The summed E-state index contributed by atoms with van der Waals surface area (Å²) in [5, 5.41) is 5.43. The SMILES string of the molecule is O=C(NCCN1CCOCC1)c1ccnc(Nc2ccc(F)cc2F)n1. The van der Waals surface area contributed by atoms with E-state index in [0.717, 1.165) is 31.8 Å². The zero-order chi connectivity index (χ0) is 18.4. The van der Waals surface area contributed by atoms with Gasteiger partial charge >= 0.3 is 0 Å². The van der Waals surface area contributed by atoms with Crippen LogP contribution in [0.1, 0.15) is 10.5 Å². The van der Waals surface area contributed by atoms with Crippen molar-refractivity contribution in [3.05, 3.63) is 47.8 Å². The molecule has 7 nitrogen and oxygen atoms in total. The standard InChI is InChI=1S/C17H19F2N5O2/c18-12-1-2-14(13(19)11-12)22-17-21-4-3-15(23-17)16(25)20-5-6-24-7-9-26-10-8-24/h1-4,11H,5-10H2,(H,20,25)(H,21,22,23). The third kappa shape index (κ3) is 4.93. The summed E-state index contributed by atoms with van der Waals surface area (Å²) in [7, 11) is 0. The first-order chi connectivity index (χ1) is 12.6. The summed E-state index contributed by atoms with van der Waals surface area (Å²) in [6.45, 7) is 4.31. The highest BCUT2D eigenvalue weighted by Crippen LogP contribution is 2.18. The Morgan fingerprint density at radius 3 is 2.81 bits per heavy atom. The molecule has 3 rings (SSSR count). The van der Waals surface area contributed by atoms with Crippen LogP contribution < -0.4 is 10.6 Å². The van der Waals surface area contributed by atoms with Crippen LogP contribution in [0.2, 0.25) is 0 Å². The second-order valence-electron chi connectivity index (χ2n) is 5.72. The van der Waals surface area contributed by atoms with Crippen LogP contribution in [0.5, 0.6) is 0 Å². The van der Waals surface area contributed by atoms with Gasteiger partial charge in [0.2, 0.25) is 5.95 Å². The van der Waals surface area contributed by atoms with Crippen molar-refractivity contribution < 1.29 is 18.3 Å². The maximum atomic E-state index is 13.7. The van der Waals surface area contributed by atoms with Crippen molar-refractivity contribution in [3.63, 3.8) is 0 Å². The summed E-state index contributed by atoms with van der Waals surface area (Å²) in [5.41, 5.74) is 0.184. The van der Waals surface area contributed by atoms with E-state index in [9.17, 15) is 13.6 Å². The molecule has 0 unspecified atom stereocenters. The summed E-state index contributed by atoms with van der Waals surface area (Å²) >= 11 is 0. The fraction of sp³-hybridized carbons (Fsp3) is 0.353. The number of carbonyl (C=O) groups excluding carboxylic acids is 1. The fourth-order valence-corrected chi connectivity index (χ4v) is 2.50. The molecule has 26 heavy (non-hydrogen) atoms. The van der Waals surface area contributed by atoms with E-state index in [2.05, 4.69) is 25.5 Å². The number of hydrogen-bond acceptors (Lipinski definition) is 6. The minimum absolute atomic E-state index is 0.0243. The molecule has 2 heterocycles. The van der Waals surface area contributed by atoms with Crippen LogP contribution in [0.4, 0.5) is 20.4 Å². The van der Waals surface area contributed by atoms with Gasteiger partial charge in [-0.2, -0.15) is 0 Å². The minimum atomic E-state index is -0.769. The topological polar surface area (TPSA) is 79.4 Å². The number of rotatable bonds is 6. The Bertz CT molecular complexity index is 769. The molecule has 1 aliphatic rings. The van der Waals surface area contributed by atoms with E-state index >= 15 is 0 Å². The van der Waals surface area contributed by atoms with Gasteiger partial charge in [0.1, 0.15) is 17.3 Å². The zero-order valence-electron chi connectivity index (χ0n) is 14.0. The van der Waals surface area contributed by atoms with Crippen molar-refractivity contribution in [1.82, 2.24) is 20.2 Å². The number of carbonyl (C=O) groups is 1. The lowest BCUT2D eigenvalue weighted by atomic mass is 10.3. The van der Waals surface area contributed by atoms with Gasteiger partial charge in [0.25, 0.3) is 5.91 Å². The highest BCUT2D eigenvalue weighted by Gasteiger charge is 2.13. The lowest BCUT2D eigenvalue weighted by Crippen LogP contribution is -2.41. The summed E-state index contributed by atoms with van der Waals surface area (Å²) in [5.74, 6) is -1.74. The summed E-state index contributed by atoms with van der Waals surface area (Å²) in [6, 6.07) is 4.58. The normalized spacial score (nSPS) is 14.8. The summed E-state index contributed by atoms with van der Waals surface area (Å²) in [6.07, 6.45) is 1.40. The molecule has 0 radical (unpaired) electrons. The molecule has 1 aromatic heterocycles. The van der Waals surface area contributed by atoms with Gasteiger partial charge in [-0.15, -0.1) is 0 Å². The third-order valence-electron chi connectivity index (χ3n) is 3.88. The Morgan fingerprint density at radius 1 is 1.23 bits per heavy atom. The first-order valence-electron chi connectivity index (χ1n) is 8.25. The molecular formula is C17H19F2N5O2.